The van der Waals surface area contributed by atoms with Crippen LogP contribution in [0.5, 0.6) is 0 Å². The molecule has 0 bridgehead atoms. The van der Waals surface area contributed by atoms with Crippen molar-refractivity contribution in [1.82, 2.24) is 0 Å². The lowest BCUT2D eigenvalue weighted by molar-refractivity contribution is 0.0701. The van der Waals surface area contributed by atoms with E-state index < -0.39 is 23.7 Å². The molecule has 1 aromatic heterocycles. The quantitative estimate of drug-likeness (QED) is 0.528. The van der Waals surface area contributed by atoms with Gasteiger partial charge in [0.05, 0.1) is 6.10 Å². The number of hydrogen-bond acceptors (Lipinski definition) is 3. The van der Waals surface area contributed by atoms with Gasteiger partial charge in [-0.25, -0.2) is 13.6 Å². The Morgan fingerprint density at radius 3 is 2.59 bits per heavy atom. The molecular formula is C22H25ClF2O3S. The Balaban J connectivity index is 1.62. The Morgan fingerprint density at radius 1 is 1.28 bits per heavy atom. The molecule has 0 aliphatic heterocycles. The predicted molar refractivity (Wildman–Crippen MR) is 111 cm³/mol. The lowest BCUT2D eigenvalue weighted by atomic mass is 9.78. The van der Waals surface area contributed by atoms with Crippen LogP contribution in [0.15, 0.2) is 30.3 Å². The maximum atomic E-state index is 13.5. The normalized spacial score (nSPS) is 25.3. The number of aliphatic hydroxyl groups is 1. The van der Waals surface area contributed by atoms with Gasteiger partial charge in [-0.1, -0.05) is 6.92 Å². The van der Waals surface area contributed by atoms with E-state index in [1.54, 1.807) is 6.07 Å². The van der Waals surface area contributed by atoms with Gasteiger partial charge in [0.2, 0.25) is 0 Å². The molecule has 1 aliphatic carbocycles. The summed E-state index contributed by atoms with van der Waals surface area (Å²) in [5.41, 5.74) is 0.582. The molecule has 0 spiro atoms. The minimum atomic E-state index is -0.913. The van der Waals surface area contributed by atoms with E-state index in [-0.39, 0.29) is 23.1 Å². The first-order chi connectivity index (χ1) is 13.7. The van der Waals surface area contributed by atoms with E-state index >= 15 is 0 Å². The molecule has 7 heteroatoms. The van der Waals surface area contributed by atoms with Crippen LogP contribution in [-0.2, 0) is 12.8 Å². The van der Waals surface area contributed by atoms with Crippen molar-refractivity contribution in [2.24, 2.45) is 17.8 Å². The van der Waals surface area contributed by atoms with Crippen LogP contribution in [0, 0.1) is 29.4 Å². The Labute approximate surface area is 178 Å². The number of rotatable bonds is 8. The highest BCUT2D eigenvalue weighted by atomic mass is 35.5. The smallest absolute Gasteiger partial charge is 0.345 e. The van der Waals surface area contributed by atoms with E-state index in [0.29, 0.717) is 23.3 Å². The number of carboxylic acids is 1. The van der Waals surface area contributed by atoms with Gasteiger partial charge in [-0.05, 0) is 79.7 Å². The number of alkyl halides is 1. The van der Waals surface area contributed by atoms with Crippen LogP contribution in [0.4, 0.5) is 8.78 Å². The van der Waals surface area contributed by atoms with Gasteiger partial charge in [0.15, 0.2) is 0 Å². The molecule has 1 unspecified atom stereocenters. The molecule has 1 saturated carbocycles. The zero-order valence-electron chi connectivity index (χ0n) is 16.2. The second kappa shape index (κ2) is 9.54. The van der Waals surface area contributed by atoms with Gasteiger partial charge in [-0.2, -0.15) is 0 Å². The monoisotopic (exact) mass is 442 g/mol. The highest BCUT2D eigenvalue weighted by Gasteiger charge is 2.43. The molecule has 3 rings (SSSR count). The number of benzene rings is 1. The summed E-state index contributed by atoms with van der Waals surface area (Å²) in [5.74, 6) is -2.00. The summed E-state index contributed by atoms with van der Waals surface area (Å²) in [5, 5.41) is 19.5. The Kier molecular flexibility index (Phi) is 7.30. The van der Waals surface area contributed by atoms with Crippen molar-refractivity contribution >= 4 is 28.9 Å². The summed E-state index contributed by atoms with van der Waals surface area (Å²) >= 11 is 7.82. The third-order valence-electron chi connectivity index (χ3n) is 5.84. The molecule has 2 N–H and O–H groups in total. The van der Waals surface area contributed by atoms with E-state index in [1.807, 2.05) is 13.0 Å². The van der Waals surface area contributed by atoms with Gasteiger partial charge in [0.1, 0.15) is 16.5 Å². The zero-order valence-corrected chi connectivity index (χ0v) is 17.7. The molecule has 1 aliphatic rings. The third-order valence-corrected chi connectivity index (χ3v) is 7.47. The largest absolute Gasteiger partial charge is 0.477 e. The Bertz CT molecular complexity index is 836. The number of carboxylic acid groups (broad SMARTS) is 1. The second-order valence-electron chi connectivity index (χ2n) is 7.98. The van der Waals surface area contributed by atoms with Crippen molar-refractivity contribution in [2.75, 3.05) is 0 Å². The number of hydrogen-bond donors (Lipinski definition) is 2. The van der Waals surface area contributed by atoms with Gasteiger partial charge in [0, 0.05) is 16.3 Å². The summed E-state index contributed by atoms with van der Waals surface area (Å²) in [7, 11) is 0. The zero-order chi connectivity index (χ0) is 21.1. The molecule has 0 amide bonds. The average molecular weight is 443 g/mol. The average Bonchev–Trinajstić information content (AvgIpc) is 3.19. The number of aryl methyl sites for hydroxylation is 1. The minimum absolute atomic E-state index is 0.0281. The van der Waals surface area contributed by atoms with Crippen LogP contribution in [0.3, 0.4) is 0 Å². The summed E-state index contributed by atoms with van der Waals surface area (Å²) in [4.78, 5) is 12.4. The van der Waals surface area contributed by atoms with E-state index in [0.717, 1.165) is 30.2 Å². The topological polar surface area (TPSA) is 57.5 Å². The van der Waals surface area contributed by atoms with Crippen LogP contribution < -0.4 is 0 Å². The van der Waals surface area contributed by atoms with E-state index in [4.69, 9.17) is 16.7 Å². The minimum Gasteiger partial charge on any atom is -0.477 e. The van der Waals surface area contributed by atoms with Crippen LogP contribution in [-0.4, -0.2) is 27.7 Å². The summed E-state index contributed by atoms with van der Waals surface area (Å²) < 4.78 is 27.0. The fourth-order valence-corrected chi connectivity index (χ4v) is 6.00. The van der Waals surface area contributed by atoms with Crippen LogP contribution in [0.1, 0.15) is 46.3 Å². The van der Waals surface area contributed by atoms with Crippen molar-refractivity contribution in [3.8, 4) is 0 Å². The molecule has 5 atom stereocenters. The van der Waals surface area contributed by atoms with Gasteiger partial charge >= 0.3 is 5.97 Å². The molecule has 158 valence electrons. The molecule has 0 radical (unpaired) electrons. The van der Waals surface area contributed by atoms with Crippen LogP contribution in [0.25, 0.3) is 0 Å². The van der Waals surface area contributed by atoms with Crippen molar-refractivity contribution in [3.05, 3.63) is 57.3 Å². The first kappa shape index (κ1) is 22.2. The van der Waals surface area contributed by atoms with Crippen molar-refractivity contribution in [3.63, 3.8) is 0 Å². The maximum absolute atomic E-state index is 13.5. The molecule has 2 aromatic rings. The maximum Gasteiger partial charge on any atom is 0.345 e. The highest BCUT2D eigenvalue weighted by molar-refractivity contribution is 7.13. The third kappa shape index (κ3) is 5.56. The molecule has 1 heterocycles. The fourth-order valence-electron chi connectivity index (χ4n) is 4.64. The molecule has 1 fully saturated rings. The standard InChI is InChI=1S/C22H25ClF2O3S/c1-12(7-13-8-14(24)10-15(25)9-13)21-17(18(23)11-19(21)26)4-2-3-16-5-6-20(29-16)22(27)28/h5-6,8-10,12,17-19,21,26H,2-4,7,11H2,1H3,(H,27,28)/t12?,17-,18+,19+,21+/m0/s1. The van der Waals surface area contributed by atoms with Crippen molar-refractivity contribution in [1.29, 1.82) is 0 Å². The van der Waals surface area contributed by atoms with Gasteiger partial charge in [-0.3, -0.25) is 0 Å². The number of thiophene rings is 1. The van der Waals surface area contributed by atoms with E-state index in [1.165, 1.54) is 23.5 Å². The highest BCUT2D eigenvalue weighted by Crippen LogP contribution is 2.44. The number of aliphatic hydroxyl groups excluding tert-OH is 1. The SMILES string of the molecule is CC(Cc1cc(F)cc(F)c1)[C@@H]1[C@@H](CCCc2ccc(C(=O)O)s2)[C@H](Cl)C[C@H]1O. The molecule has 0 saturated heterocycles. The molecule has 29 heavy (non-hydrogen) atoms. The summed E-state index contributed by atoms with van der Waals surface area (Å²) in [6.45, 7) is 2.00. The number of halogens is 3. The first-order valence-corrected chi connectivity index (χ1v) is 11.1. The van der Waals surface area contributed by atoms with Crippen LogP contribution >= 0.6 is 22.9 Å². The van der Waals surface area contributed by atoms with Crippen LogP contribution in [0.2, 0.25) is 0 Å². The van der Waals surface area contributed by atoms with Crippen molar-refractivity contribution < 1.29 is 23.8 Å². The van der Waals surface area contributed by atoms with Gasteiger partial charge < -0.3 is 10.2 Å². The number of aromatic carboxylic acids is 1. The van der Waals surface area contributed by atoms with E-state index in [2.05, 4.69) is 0 Å². The molecule has 3 nitrogen and oxygen atoms in total. The van der Waals surface area contributed by atoms with Gasteiger partial charge in [-0.15, -0.1) is 22.9 Å². The summed E-state index contributed by atoms with van der Waals surface area (Å²) in [6, 6.07) is 7.00. The molecule has 1 aromatic carbocycles. The van der Waals surface area contributed by atoms with Crippen molar-refractivity contribution in [2.45, 2.75) is 50.5 Å². The number of carbonyl (C=O) groups is 1. The summed E-state index contributed by atoms with van der Waals surface area (Å²) in [6.07, 6.45) is 2.89. The fraction of sp³-hybridized carbons (Fsp3) is 0.500. The Hall–Kier alpha value is -1.50. The lowest BCUT2D eigenvalue weighted by Gasteiger charge is -2.29. The second-order valence-corrected chi connectivity index (χ2v) is 9.71. The first-order valence-electron chi connectivity index (χ1n) is 9.83. The lowest BCUT2D eigenvalue weighted by Crippen LogP contribution is -2.29. The Morgan fingerprint density at radius 2 is 1.97 bits per heavy atom. The predicted octanol–water partition coefficient (Wildman–Crippen LogP) is 5.53. The molecular weight excluding hydrogens is 418 g/mol. The van der Waals surface area contributed by atoms with E-state index in [9.17, 15) is 18.7 Å². The van der Waals surface area contributed by atoms with Gasteiger partial charge in [0.25, 0.3) is 0 Å².